The van der Waals surface area contributed by atoms with Crippen LogP contribution in [0, 0.1) is 6.92 Å². The van der Waals surface area contributed by atoms with E-state index in [9.17, 15) is 4.79 Å². The first kappa shape index (κ1) is 16.5. The number of nitrogens with zero attached hydrogens (tertiary/aromatic N) is 4. The Balaban J connectivity index is 2.48. The standard InChI is InChI=1S/C17H26N4O/c1-6-8-9-20(7-2)17(22)14-10-13(5)19-16-15(14)11-18-21(16)12(3)4/h10-12H,6-9H2,1-5H3. The van der Waals surface area contributed by atoms with Crippen molar-refractivity contribution in [2.75, 3.05) is 13.1 Å². The Bertz CT molecular complexity index is 660. The molecule has 2 aromatic rings. The van der Waals surface area contributed by atoms with E-state index in [4.69, 9.17) is 0 Å². The van der Waals surface area contributed by atoms with Gasteiger partial charge in [-0.2, -0.15) is 5.10 Å². The van der Waals surface area contributed by atoms with Crippen molar-refractivity contribution in [1.82, 2.24) is 19.7 Å². The molecule has 0 aliphatic rings. The van der Waals surface area contributed by atoms with Crippen LogP contribution in [0.2, 0.25) is 0 Å². The lowest BCUT2D eigenvalue weighted by molar-refractivity contribution is 0.0764. The molecule has 0 bridgehead atoms. The molecule has 0 N–H and O–H groups in total. The van der Waals surface area contributed by atoms with Crippen molar-refractivity contribution >= 4 is 16.9 Å². The molecule has 2 aromatic heterocycles. The van der Waals surface area contributed by atoms with Crippen molar-refractivity contribution < 1.29 is 4.79 Å². The van der Waals surface area contributed by atoms with Crippen LogP contribution < -0.4 is 0 Å². The second-order valence-corrected chi connectivity index (χ2v) is 5.97. The van der Waals surface area contributed by atoms with E-state index in [-0.39, 0.29) is 11.9 Å². The zero-order valence-corrected chi connectivity index (χ0v) is 14.3. The topological polar surface area (TPSA) is 51.0 Å². The lowest BCUT2D eigenvalue weighted by Crippen LogP contribution is -2.32. The van der Waals surface area contributed by atoms with Crippen molar-refractivity contribution in [1.29, 1.82) is 0 Å². The molecule has 0 saturated heterocycles. The highest BCUT2D eigenvalue weighted by atomic mass is 16.2. The highest BCUT2D eigenvalue weighted by Crippen LogP contribution is 2.22. The second-order valence-electron chi connectivity index (χ2n) is 5.97. The number of carbonyl (C=O) groups excluding carboxylic acids is 1. The molecule has 5 heteroatoms. The van der Waals surface area contributed by atoms with E-state index in [1.165, 1.54) is 0 Å². The minimum Gasteiger partial charge on any atom is -0.339 e. The first-order chi connectivity index (χ1) is 10.5. The monoisotopic (exact) mass is 302 g/mol. The highest BCUT2D eigenvalue weighted by molar-refractivity contribution is 6.05. The van der Waals surface area contributed by atoms with Crippen LogP contribution in [0.4, 0.5) is 0 Å². The Morgan fingerprint density at radius 1 is 1.36 bits per heavy atom. The number of aromatic nitrogens is 3. The minimum atomic E-state index is 0.0785. The lowest BCUT2D eigenvalue weighted by Gasteiger charge is -2.21. The number of hydrogen-bond acceptors (Lipinski definition) is 3. The smallest absolute Gasteiger partial charge is 0.254 e. The molecule has 0 atom stereocenters. The highest BCUT2D eigenvalue weighted by Gasteiger charge is 2.20. The van der Waals surface area contributed by atoms with Crippen LogP contribution in [-0.4, -0.2) is 38.7 Å². The number of hydrogen-bond donors (Lipinski definition) is 0. The van der Waals surface area contributed by atoms with E-state index < -0.39 is 0 Å². The molecule has 0 aliphatic heterocycles. The van der Waals surface area contributed by atoms with Gasteiger partial charge in [-0.05, 0) is 40.2 Å². The maximum Gasteiger partial charge on any atom is 0.254 e. The average Bonchev–Trinajstić information content (AvgIpc) is 2.90. The van der Waals surface area contributed by atoms with E-state index in [0.717, 1.165) is 42.7 Å². The number of fused-ring (bicyclic) bond motifs is 1. The van der Waals surface area contributed by atoms with Gasteiger partial charge in [0.1, 0.15) is 0 Å². The van der Waals surface area contributed by atoms with E-state index in [1.54, 1.807) is 6.20 Å². The van der Waals surface area contributed by atoms with Crippen LogP contribution in [0.25, 0.3) is 11.0 Å². The van der Waals surface area contributed by atoms with E-state index in [0.29, 0.717) is 5.56 Å². The zero-order valence-electron chi connectivity index (χ0n) is 14.3. The Labute approximate surface area is 132 Å². The summed E-state index contributed by atoms with van der Waals surface area (Å²) < 4.78 is 1.88. The molecule has 120 valence electrons. The van der Waals surface area contributed by atoms with Gasteiger partial charge >= 0.3 is 0 Å². The summed E-state index contributed by atoms with van der Waals surface area (Å²) in [7, 11) is 0. The predicted octanol–water partition coefficient (Wildman–Crippen LogP) is 3.58. The number of rotatable bonds is 6. The first-order valence-electron chi connectivity index (χ1n) is 8.13. The Morgan fingerprint density at radius 2 is 2.09 bits per heavy atom. The molecule has 0 spiro atoms. The summed E-state index contributed by atoms with van der Waals surface area (Å²) in [5, 5.41) is 5.26. The Hall–Kier alpha value is -1.91. The van der Waals surface area contributed by atoms with Gasteiger partial charge in [0.15, 0.2) is 5.65 Å². The van der Waals surface area contributed by atoms with Crippen molar-refractivity contribution in [2.24, 2.45) is 0 Å². The summed E-state index contributed by atoms with van der Waals surface area (Å²) in [6.45, 7) is 11.7. The molecular weight excluding hydrogens is 276 g/mol. The molecule has 0 aliphatic carbocycles. The summed E-state index contributed by atoms with van der Waals surface area (Å²) in [6, 6.07) is 2.10. The van der Waals surface area contributed by atoms with Gasteiger partial charge in [-0.15, -0.1) is 0 Å². The Morgan fingerprint density at radius 3 is 2.68 bits per heavy atom. The molecule has 0 radical (unpaired) electrons. The molecular formula is C17H26N4O. The average molecular weight is 302 g/mol. The third kappa shape index (κ3) is 3.13. The number of amides is 1. The van der Waals surface area contributed by atoms with Gasteiger partial charge in [0.05, 0.1) is 17.1 Å². The molecule has 5 nitrogen and oxygen atoms in total. The fraction of sp³-hybridized carbons (Fsp3) is 0.588. The number of aryl methyl sites for hydroxylation is 1. The molecule has 0 fully saturated rings. The van der Waals surface area contributed by atoms with Gasteiger partial charge in [0.25, 0.3) is 5.91 Å². The molecule has 2 heterocycles. The SMILES string of the molecule is CCCCN(CC)C(=O)c1cc(C)nc2c1cnn2C(C)C. The molecule has 0 aromatic carbocycles. The van der Waals surface area contributed by atoms with Crippen LogP contribution in [-0.2, 0) is 0 Å². The minimum absolute atomic E-state index is 0.0785. The molecule has 0 unspecified atom stereocenters. The van der Waals surface area contributed by atoms with Crippen LogP contribution in [0.15, 0.2) is 12.3 Å². The predicted molar refractivity (Wildman–Crippen MR) is 89.1 cm³/mol. The fourth-order valence-corrected chi connectivity index (χ4v) is 2.62. The maximum atomic E-state index is 12.9. The number of carbonyl (C=O) groups is 1. The third-order valence-corrected chi connectivity index (χ3v) is 3.86. The normalized spacial score (nSPS) is 11.4. The summed E-state index contributed by atoms with van der Waals surface area (Å²) in [4.78, 5) is 19.4. The van der Waals surface area contributed by atoms with Gasteiger partial charge in [-0.25, -0.2) is 9.67 Å². The second kappa shape index (κ2) is 6.90. The van der Waals surface area contributed by atoms with Gasteiger partial charge in [0, 0.05) is 24.8 Å². The lowest BCUT2D eigenvalue weighted by atomic mass is 10.1. The van der Waals surface area contributed by atoms with Crippen LogP contribution in [0.1, 0.15) is 62.6 Å². The number of unbranched alkanes of at least 4 members (excludes halogenated alkanes) is 1. The molecule has 0 saturated carbocycles. The third-order valence-electron chi connectivity index (χ3n) is 3.86. The summed E-state index contributed by atoms with van der Waals surface area (Å²) in [6.07, 6.45) is 3.88. The van der Waals surface area contributed by atoms with Crippen molar-refractivity contribution in [2.45, 2.75) is 53.5 Å². The van der Waals surface area contributed by atoms with Crippen molar-refractivity contribution in [3.05, 3.63) is 23.5 Å². The van der Waals surface area contributed by atoms with Gasteiger partial charge in [-0.3, -0.25) is 4.79 Å². The van der Waals surface area contributed by atoms with E-state index in [2.05, 4.69) is 30.9 Å². The summed E-state index contributed by atoms with van der Waals surface area (Å²) in [5.74, 6) is 0.0785. The summed E-state index contributed by atoms with van der Waals surface area (Å²) in [5.41, 5.74) is 2.36. The van der Waals surface area contributed by atoms with Gasteiger partial charge < -0.3 is 4.90 Å². The van der Waals surface area contributed by atoms with Crippen LogP contribution >= 0.6 is 0 Å². The van der Waals surface area contributed by atoms with Crippen molar-refractivity contribution in [3.63, 3.8) is 0 Å². The fourth-order valence-electron chi connectivity index (χ4n) is 2.62. The largest absolute Gasteiger partial charge is 0.339 e. The molecule has 22 heavy (non-hydrogen) atoms. The van der Waals surface area contributed by atoms with Gasteiger partial charge in [0.2, 0.25) is 0 Å². The van der Waals surface area contributed by atoms with Crippen LogP contribution in [0.5, 0.6) is 0 Å². The van der Waals surface area contributed by atoms with Gasteiger partial charge in [-0.1, -0.05) is 13.3 Å². The molecule has 1 amide bonds. The van der Waals surface area contributed by atoms with Crippen LogP contribution in [0.3, 0.4) is 0 Å². The van der Waals surface area contributed by atoms with Crippen molar-refractivity contribution in [3.8, 4) is 0 Å². The quantitative estimate of drug-likeness (QED) is 0.819. The maximum absolute atomic E-state index is 12.9. The summed E-state index contributed by atoms with van der Waals surface area (Å²) >= 11 is 0. The van der Waals surface area contributed by atoms with E-state index >= 15 is 0 Å². The van der Waals surface area contributed by atoms with E-state index in [1.807, 2.05) is 29.5 Å². The first-order valence-corrected chi connectivity index (χ1v) is 8.13. The number of pyridine rings is 1. The Kier molecular flexibility index (Phi) is 5.16. The zero-order chi connectivity index (χ0) is 16.3. The molecule has 2 rings (SSSR count).